The number of rotatable bonds is 1. The minimum Gasteiger partial charge on any atom is -0.469 e. The number of carbonyl (C=O) groups is 1. The van der Waals surface area contributed by atoms with Gasteiger partial charge in [-0.25, -0.2) is 0 Å². The van der Waals surface area contributed by atoms with Gasteiger partial charge in [0.1, 0.15) is 0 Å². The lowest BCUT2D eigenvalue weighted by molar-refractivity contribution is -0.142. The number of ether oxygens (including phenoxy) is 1. The maximum atomic E-state index is 11.4. The highest BCUT2D eigenvalue weighted by atomic mass is 16.5. The summed E-state index contributed by atoms with van der Waals surface area (Å²) in [5, 5.41) is 0. The van der Waals surface area contributed by atoms with Crippen molar-refractivity contribution in [2.75, 3.05) is 7.11 Å². The van der Waals surface area contributed by atoms with E-state index >= 15 is 0 Å². The minimum absolute atomic E-state index is 0.0321. The van der Waals surface area contributed by atoms with Crippen LogP contribution in [0.2, 0.25) is 0 Å². The Hall–Kier alpha value is -1.35. The average Bonchev–Trinajstić information content (AvgIpc) is 2.56. The Kier molecular flexibility index (Phi) is 2.25. The van der Waals surface area contributed by atoms with E-state index in [-0.39, 0.29) is 17.9 Å². The molecule has 2 rings (SSSR count). The van der Waals surface area contributed by atoms with Gasteiger partial charge in [-0.15, -0.1) is 0 Å². The molecule has 0 bridgehead atoms. The number of benzene rings is 1. The van der Waals surface area contributed by atoms with Crippen LogP contribution >= 0.6 is 0 Å². The Morgan fingerprint density at radius 3 is 2.71 bits per heavy atom. The fraction of sp³-hybridized carbons (Fsp3) is 0.364. The van der Waals surface area contributed by atoms with E-state index in [2.05, 4.69) is 0 Å². The van der Waals surface area contributed by atoms with Crippen LogP contribution in [0.5, 0.6) is 0 Å². The van der Waals surface area contributed by atoms with Crippen molar-refractivity contribution < 1.29 is 9.53 Å². The first-order valence-electron chi connectivity index (χ1n) is 4.66. The summed E-state index contributed by atoms with van der Waals surface area (Å²) in [5.74, 6) is -0.364. The van der Waals surface area contributed by atoms with Gasteiger partial charge in [0.25, 0.3) is 0 Å². The minimum atomic E-state index is -0.189. The van der Waals surface area contributed by atoms with Crippen LogP contribution in [-0.4, -0.2) is 13.1 Å². The molecule has 3 heteroatoms. The van der Waals surface area contributed by atoms with Crippen LogP contribution in [-0.2, 0) is 9.53 Å². The molecule has 1 aliphatic rings. The molecule has 74 valence electrons. The topological polar surface area (TPSA) is 52.3 Å². The predicted molar refractivity (Wildman–Crippen MR) is 52.7 cm³/mol. The third-order valence-corrected chi connectivity index (χ3v) is 2.75. The SMILES string of the molecule is COC(=O)[C@H]1C[C@H](N)c2ccccc21. The molecular formula is C11H13NO2. The van der Waals surface area contributed by atoms with Gasteiger partial charge in [0.05, 0.1) is 13.0 Å². The molecule has 0 radical (unpaired) electrons. The molecule has 0 saturated carbocycles. The first-order chi connectivity index (χ1) is 6.74. The first kappa shape index (κ1) is 9.21. The fourth-order valence-corrected chi connectivity index (χ4v) is 2.04. The smallest absolute Gasteiger partial charge is 0.313 e. The average molecular weight is 191 g/mol. The third kappa shape index (κ3) is 1.30. The molecule has 0 fully saturated rings. The largest absolute Gasteiger partial charge is 0.469 e. The molecule has 0 aliphatic heterocycles. The maximum Gasteiger partial charge on any atom is 0.313 e. The van der Waals surface area contributed by atoms with Crippen molar-refractivity contribution in [1.29, 1.82) is 0 Å². The molecule has 0 heterocycles. The number of carbonyl (C=O) groups excluding carboxylic acids is 1. The van der Waals surface area contributed by atoms with E-state index in [1.54, 1.807) is 0 Å². The Bertz CT molecular complexity index is 362. The van der Waals surface area contributed by atoms with E-state index in [1.165, 1.54) is 7.11 Å². The lowest BCUT2D eigenvalue weighted by atomic mass is 10.0. The van der Waals surface area contributed by atoms with Gasteiger partial charge in [0.15, 0.2) is 0 Å². The molecule has 0 amide bonds. The third-order valence-electron chi connectivity index (χ3n) is 2.75. The highest BCUT2D eigenvalue weighted by Gasteiger charge is 2.33. The highest BCUT2D eigenvalue weighted by Crippen LogP contribution is 2.39. The summed E-state index contributed by atoms with van der Waals surface area (Å²) in [5.41, 5.74) is 8.01. The van der Waals surface area contributed by atoms with Crippen LogP contribution in [0.4, 0.5) is 0 Å². The second-order valence-corrected chi connectivity index (χ2v) is 3.55. The van der Waals surface area contributed by atoms with Crippen molar-refractivity contribution >= 4 is 5.97 Å². The summed E-state index contributed by atoms with van der Waals surface area (Å²) in [4.78, 5) is 11.4. The molecule has 3 nitrogen and oxygen atoms in total. The van der Waals surface area contributed by atoms with Crippen molar-refractivity contribution in [2.45, 2.75) is 18.4 Å². The Balaban J connectivity index is 2.39. The molecule has 1 aliphatic carbocycles. The molecule has 0 aromatic heterocycles. The quantitative estimate of drug-likeness (QED) is 0.681. The lowest BCUT2D eigenvalue weighted by Gasteiger charge is -2.07. The number of esters is 1. The normalized spacial score (nSPS) is 24.4. The van der Waals surface area contributed by atoms with Gasteiger partial charge >= 0.3 is 5.97 Å². The summed E-state index contributed by atoms with van der Waals surface area (Å²) in [7, 11) is 1.41. The second-order valence-electron chi connectivity index (χ2n) is 3.55. The monoisotopic (exact) mass is 191 g/mol. The van der Waals surface area contributed by atoms with Crippen LogP contribution in [0.25, 0.3) is 0 Å². The van der Waals surface area contributed by atoms with Crippen LogP contribution < -0.4 is 5.73 Å². The summed E-state index contributed by atoms with van der Waals surface area (Å²) in [6.07, 6.45) is 0.659. The second kappa shape index (κ2) is 3.42. The van der Waals surface area contributed by atoms with E-state index in [0.717, 1.165) is 11.1 Å². The zero-order valence-corrected chi connectivity index (χ0v) is 8.07. The van der Waals surface area contributed by atoms with E-state index in [4.69, 9.17) is 10.5 Å². The molecule has 2 atom stereocenters. The lowest BCUT2D eigenvalue weighted by Crippen LogP contribution is -2.12. The van der Waals surface area contributed by atoms with Gasteiger partial charge in [-0.1, -0.05) is 24.3 Å². The predicted octanol–water partition coefficient (Wildman–Crippen LogP) is 1.35. The highest BCUT2D eigenvalue weighted by molar-refractivity contribution is 5.80. The van der Waals surface area contributed by atoms with E-state index in [9.17, 15) is 4.79 Å². The molecular weight excluding hydrogens is 178 g/mol. The van der Waals surface area contributed by atoms with Gasteiger partial charge in [0.2, 0.25) is 0 Å². The standard InChI is InChI=1S/C11H13NO2/c1-14-11(13)9-6-10(12)8-5-3-2-4-7(8)9/h2-5,9-10H,6,12H2,1H3/t9-,10-/m0/s1. The Morgan fingerprint density at radius 1 is 1.43 bits per heavy atom. The van der Waals surface area contributed by atoms with E-state index in [1.807, 2.05) is 24.3 Å². The van der Waals surface area contributed by atoms with Gasteiger partial charge in [-0.2, -0.15) is 0 Å². The number of methoxy groups -OCH3 is 1. The van der Waals surface area contributed by atoms with Crippen molar-refractivity contribution in [3.05, 3.63) is 35.4 Å². The molecule has 1 aromatic rings. The summed E-state index contributed by atoms with van der Waals surface area (Å²) in [6.45, 7) is 0. The van der Waals surface area contributed by atoms with Gasteiger partial charge in [-0.3, -0.25) is 4.79 Å². The Morgan fingerprint density at radius 2 is 2.07 bits per heavy atom. The molecule has 1 aromatic carbocycles. The molecule has 0 unspecified atom stereocenters. The van der Waals surface area contributed by atoms with Crippen molar-refractivity contribution in [3.8, 4) is 0 Å². The summed E-state index contributed by atoms with van der Waals surface area (Å²) < 4.78 is 4.74. The van der Waals surface area contributed by atoms with E-state index < -0.39 is 0 Å². The van der Waals surface area contributed by atoms with Gasteiger partial charge in [0, 0.05) is 6.04 Å². The number of hydrogen-bond donors (Lipinski definition) is 1. The van der Waals surface area contributed by atoms with Gasteiger partial charge < -0.3 is 10.5 Å². The Labute approximate surface area is 82.9 Å². The molecule has 0 saturated heterocycles. The summed E-state index contributed by atoms with van der Waals surface area (Å²) >= 11 is 0. The number of fused-ring (bicyclic) bond motifs is 1. The zero-order valence-electron chi connectivity index (χ0n) is 8.07. The van der Waals surface area contributed by atoms with Gasteiger partial charge in [-0.05, 0) is 17.5 Å². The number of hydrogen-bond acceptors (Lipinski definition) is 3. The summed E-state index contributed by atoms with van der Waals surface area (Å²) in [6, 6.07) is 7.76. The van der Waals surface area contributed by atoms with Crippen molar-refractivity contribution in [3.63, 3.8) is 0 Å². The molecule has 0 spiro atoms. The van der Waals surface area contributed by atoms with Crippen LogP contribution in [0.1, 0.15) is 29.5 Å². The van der Waals surface area contributed by atoms with Crippen LogP contribution in [0.15, 0.2) is 24.3 Å². The zero-order chi connectivity index (χ0) is 10.1. The van der Waals surface area contributed by atoms with Crippen molar-refractivity contribution in [2.24, 2.45) is 5.73 Å². The van der Waals surface area contributed by atoms with E-state index in [0.29, 0.717) is 6.42 Å². The number of nitrogens with two attached hydrogens (primary N) is 1. The fourth-order valence-electron chi connectivity index (χ4n) is 2.04. The first-order valence-corrected chi connectivity index (χ1v) is 4.66. The molecule has 14 heavy (non-hydrogen) atoms. The van der Waals surface area contributed by atoms with Crippen molar-refractivity contribution in [1.82, 2.24) is 0 Å². The van der Waals surface area contributed by atoms with Crippen LogP contribution in [0, 0.1) is 0 Å². The van der Waals surface area contributed by atoms with Crippen LogP contribution in [0.3, 0.4) is 0 Å². The molecule has 2 N–H and O–H groups in total. The maximum absolute atomic E-state index is 11.4.